The maximum atomic E-state index is 12.0. The van der Waals surface area contributed by atoms with E-state index in [1.54, 1.807) is 11.6 Å². The highest BCUT2D eigenvalue weighted by atomic mass is 28.3. The number of nitrogens with zero attached hydrogens (tertiary/aromatic N) is 1. The van der Waals surface area contributed by atoms with Crippen LogP contribution in [0.15, 0.2) is 46.8 Å². The molecule has 3 rings (SSSR count). The van der Waals surface area contributed by atoms with Crippen molar-refractivity contribution in [3.8, 4) is 11.5 Å². The molecular weight excluding hydrogens is 468 g/mol. The van der Waals surface area contributed by atoms with Crippen molar-refractivity contribution < 1.29 is 14.2 Å². The third kappa shape index (κ3) is 7.73. The van der Waals surface area contributed by atoms with Crippen LogP contribution in [-0.4, -0.2) is 37.6 Å². The summed E-state index contributed by atoms with van der Waals surface area (Å²) < 4.78 is 19.4. The highest BCUT2D eigenvalue weighted by molar-refractivity contribution is 6.76. The molecule has 0 aliphatic rings. The van der Waals surface area contributed by atoms with Gasteiger partial charge in [-0.05, 0) is 62.6 Å². The van der Waals surface area contributed by atoms with Gasteiger partial charge >= 0.3 is 5.69 Å². The first kappa shape index (κ1) is 27.6. The summed E-state index contributed by atoms with van der Waals surface area (Å²) in [5.74, 6) is 1.54. The molecule has 194 valence electrons. The standard InChI is InChI=1S/C29H40N2O4Si/c1-8-34-28-19-24(35-20-33-15-16-36(5,6)7)18-23(25(28)13-9-21(2)3)12-10-22-11-14-26-27(17-22)31(4)29(32)30-26/h9-12,14,17-19H,8,13,15-16,20H2,1-7H3,(H,30,32). The van der Waals surface area contributed by atoms with Crippen molar-refractivity contribution in [3.63, 3.8) is 0 Å². The zero-order valence-electron chi connectivity index (χ0n) is 22.7. The Kier molecular flexibility index (Phi) is 9.40. The number of nitrogens with one attached hydrogen (secondary N) is 1. The number of hydrogen-bond donors (Lipinski definition) is 1. The Morgan fingerprint density at radius 1 is 1.08 bits per heavy atom. The molecule has 0 bridgehead atoms. The molecule has 1 aromatic heterocycles. The number of aromatic amines is 1. The number of imidazole rings is 1. The van der Waals surface area contributed by atoms with Crippen LogP contribution in [0.4, 0.5) is 0 Å². The summed E-state index contributed by atoms with van der Waals surface area (Å²) in [5, 5.41) is 0. The molecule has 2 aromatic carbocycles. The molecule has 7 heteroatoms. The average molecular weight is 509 g/mol. The van der Waals surface area contributed by atoms with Gasteiger partial charge in [0.2, 0.25) is 0 Å². The number of allylic oxidation sites excluding steroid dienone is 2. The summed E-state index contributed by atoms with van der Waals surface area (Å²) in [4.78, 5) is 14.8. The second kappa shape index (κ2) is 12.3. The van der Waals surface area contributed by atoms with E-state index in [2.05, 4.69) is 56.7 Å². The van der Waals surface area contributed by atoms with E-state index in [1.165, 1.54) is 5.57 Å². The normalized spacial score (nSPS) is 11.9. The van der Waals surface area contributed by atoms with Gasteiger partial charge < -0.3 is 19.2 Å². The van der Waals surface area contributed by atoms with E-state index < -0.39 is 8.07 Å². The number of aromatic nitrogens is 2. The molecule has 0 spiro atoms. The topological polar surface area (TPSA) is 65.5 Å². The second-order valence-electron chi connectivity index (χ2n) is 10.5. The number of hydrogen-bond acceptors (Lipinski definition) is 4. The van der Waals surface area contributed by atoms with Gasteiger partial charge in [0.25, 0.3) is 0 Å². The molecular formula is C29H40N2O4Si. The molecule has 0 aliphatic carbocycles. The molecule has 0 amide bonds. The van der Waals surface area contributed by atoms with E-state index in [4.69, 9.17) is 14.2 Å². The van der Waals surface area contributed by atoms with Crippen LogP contribution in [0.2, 0.25) is 25.7 Å². The van der Waals surface area contributed by atoms with Crippen molar-refractivity contribution in [3.05, 3.63) is 69.2 Å². The summed E-state index contributed by atoms with van der Waals surface area (Å²) in [7, 11) is 0.631. The largest absolute Gasteiger partial charge is 0.493 e. The predicted molar refractivity (Wildman–Crippen MR) is 153 cm³/mol. The van der Waals surface area contributed by atoms with E-state index >= 15 is 0 Å². The lowest BCUT2D eigenvalue weighted by Gasteiger charge is -2.17. The van der Waals surface area contributed by atoms with Crippen LogP contribution < -0.4 is 15.2 Å². The van der Waals surface area contributed by atoms with E-state index in [1.807, 2.05) is 37.3 Å². The molecule has 0 saturated carbocycles. The van der Waals surface area contributed by atoms with Gasteiger partial charge in [-0.15, -0.1) is 0 Å². The SMILES string of the molecule is CCOc1cc(OCOCC[Si](C)(C)C)cc(C=Cc2ccc3[nH]c(=O)n(C)c3c2)c1CC=C(C)C. The Bertz CT molecular complexity index is 1290. The Morgan fingerprint density at radius 2 is 1.86 bits per heavy atom. The third-order valence-electron chi connectivity index (χ3n) is 5.92. The fraction of sp³-hybridized carbons (Fsp3) is 0.414. The van der Waals surface area contributed by atoms with Gasteiger partial charge in [-0.3, -0.25) is 4.57 Å². The molecule has 6 nitrogen and oxygen atoms in total. The first-order valence-electron chi connectivity index (χ1n) is 12.6. The van der Waals surface area contributed by atoms with Crippen molar-refractivity contribution in [2.24, 2.45) is 7.05 Å². The van der Waals surface area contributed by atoms with Gasteiger partial charge in [0, 0.05) is 33.4 Å². The minimum atomic E-state index is -1.14. The van der Waals surface area contributed by atoms with Crippen LogP contribution >= 0.6 is 0 Å². The summed E-state index contributed by atoms with van der Waals surface area (Å²) in [6, 6.07) is 11.0. The Balaban J connectivity index is 1.91. The summed E-state index contributed by atoms with van der Waals surface area (Å²) >= 11 is 0. The Hall–Kier alpha value is -3.03. The molecule has 1 N–H and O–H groups in total. The van der Waals surface area contributed by atoms with Crippen molar-refractivity contribution in [2.45, 2.75) is 52.9 Å². The summed E-state index contributed by atoms with van der Waals surface area (Å²) in [5.41, 5.74) is 5.97. The first-order chi connectivity index (χ1) is 17.1. The molecule has 0 unspecified atom stereocenters. The maximum absolute atomic E-state index is 12.0. The van der Waals surface area contributed by atoms with Crippen LogP contribution in [0.3, 0.4) is 0 Å². The van der Waals surface area contributed by atoms with Gasteiger partial charge in [0.15, 0.2) is 6.79 Å². The lowest BCUT2D eigenvalue weighted by molar-refractivity contribution is 0.0219. The van der Waals surface area contributed by atoms with E-state index in [0.29, 0.717) is 13.2 Å². The number of fused-ring (bicyclic) bond motifs is 1. The lowest BCUT2D eigenvalue weighted by atomic mass is 10.00. The summed E-state index contributed by atoms with van der Waals surface area (Å²) in [6.45, 7) is 14.7. The zero-order valence-corrected chi connectivity index (χ0v) is 23.7. The van der Waals surface area contributed by atoms with Crippen molar-refractivity contribution >= 4 is 31.3 Å². The fourth-order valence-corrected chi connectivity index (χ4v) is 4.52. The molecule has 0 fully saturated rings. The van der Waals surface area contributed by atoms with Crippen LogP contribution in [0.25, 0.3) is 23.2 Å². The van der Waals surface area contributed by atoms with Gasteiger partial charge in [-0.1, -0.05) is 49.5 Å². The minimum Gasteiger partial charge on any atom is -0.493 e. The number of benzene rings is 2. The first-order valence-corrected chi connectivity index (χ1v) is 16.3. The molecule has 0 aliphatic heterocycles. The van der Waals surface area contributed by atoms with E-state index in [0.717, 1.165) is 51.7 Å². The van der Waals surface area contributed by atoms with Crippen LogP contribution in [0, 0.1) is 0 Å². The lowest BCUT2D eigenvalue weighted by Crippen LogP contribution is -2.22. The molecule has 0 saturated heterocycles. The van der Waals surface area contributed by atoms with E-state index in [-0.39, 0.29) is 12.5 Å². The average Bonchev–Trinajstić information content (AvgIpc) is 3.09. The predicted octanol–water partition coefficient (Wildman–Crippen LogP) is 6.64. The Morgan fingerprint density at radius 3 is 2.56 bits per heavy atom. The third-order valence-corrected chi connectivity index (χ3v) is 7.63. The Labute approximate surface area is 215 Å². The highest BCUT2D eigenvalue weighted by Crippen LogP contribution is 2.32. The second-order valence-corrected chi connectivity index (χ2v) is 16.1. The number of H-pyrrole nitrogens is 1. The van der Waals surface area contributed by atoms with E-state index in [9.17, 15) is 4.79 Å². The number of ether oxygens (including phenoxy) is 3. The molecule has 0 radical (unpaired) electrons. The molecule has 3 aromatic rings. The van der Waals surface area contributed by atoms with Crippen LogP contribution in [-0.2, 0) is 18.2 Å². The highest BCUT2D eigenvalue weighted by Gasteiger charge is 2.13. The number of rotatable bonds is 12. The van der Waals surface area contributed by atoms with Gasteiger partial charge in [0.1, 0.15) is 11.5 Å². The minimum absolute atomic E-state index is 0.117. The monoisotopic (exact) mass is 508 g/mol. The quantitative estimate of drug-likeness (QED) is 0.0980. The molecule has 0 atom stereocenters. The van der Waals surface area contributed by atoms with Crippen molar-refractivity contribution in [1.82, 2.24) is 9.55 Å². The van der Waals surface area contributed by atoms with Crippen molar-refractivity contribution in [2.75, 3.05) is 20.0 Å². The van der Waals surface area contributed by atoms with Crippen molar-refractivity contribution in [1.29, 1.82) is 0 Å². The van der Waals surface area contributed by atoms with Gasteiger partial charge in [-0.2, -0.15) is 0 Å². The zero-order chi connectivity index (χ0) is 26.3. The summed E-state index contributed by atoms with van der Waals surface area (Å²) in [6.07, 6.45) is 7.11. The van der Waals surface area contributed by atoms with Crippen LogP contribution in [0.5, 0.6) is 11.5 Å². The van der Waals surface area contributed by atoms with Gasteiger partial charge in [-0.25, -0.2) is 4.79 Å². The fourth-order valence-electron chi connectivity index (χ4n) is 3.76. The number of aryl methyl sites for hydroxylation is 1. The molecule has 36 heavy (non-hydrogen) atoms. The smallest absolute Gasteiger partial charge is 0.326 e. The molecule has 1 heterocycles. The van der Waals surface area contributed by atoms with Crippen LogP contribution in [0.1, 0.15) is 37.5 Å². The van der Waals surface area contributed by atoms with Gasteiger partial charge in [0.05, 0.1) is 17.6 Å². The maximum Gasteiger partial charge on any atom is 0.326 e.